The quantitative estimate of drug-likeness (QED) is 0.709. The van der Waals surface area contributed by atoms with Crippen molar-refractivity contribution in [3.8, 4) is 5.69 Å². The lowest BCUT2D eigenvalue weighted by molar-refractivity contribution is 0.516. The van der Waals surface area contributed by atoms with E-state index in [2.05, 4.69) is 55.7 Å². The lowest BCUT2D eigenvalue weighted by atomic mass is 10.0. The van der Waals surface area contributed by atoms with E-state index in [4.69, 9.17) is 5.10 Å². The summed E-state index contributed by atoms with van der Waals surface area (Å²) in [5, 5.41) is 12.8. The molecule has 3 aromatic rings. The number of rotatable bonds is 7. The summed E-state index contributed by atoms with van der Waals surface area (Å²) in [7, 11) is 1.96. The molecule has 5 nitrogen and oxygen atoms in total. The fraction of sp³-hybridized carbons (Fsp3) is 0.400. The third-order valence-corrected chi connectivity index (χ3v) is 4.46. The summed E-state index contributed by atoms with van der Waals surface area (Å²) in [5.41, 5.74) is 4.72. The topological polar surface area (TPSA) is 47.7 Å². The molecule has 0 unspecified atom stereocenters. The molecule has 1 aromatic carbocycles. The van der Waals surface area contributed by atoms with Gasteiger partial charge in [0.25, 0.3) is 0 Å². The molecule has 0 amide bonds. The molecule has 3 rings (SSSR count). The Morgan fingerprint density at radius 3 is 2.48 bits per heavy atom. The van der Waals surface area contributed by atoms with E-state index in [9.17, 15) is 0 Å². The van der Waals surface area contributed by atoms with Gasteiger partial charge >= 0.3 is 0 Å². The van der Waals surface area contributed by atoms with Gasteiger partial charge in [-0.25, -0.2) is 4.68 Å². The van der Waals surface area contributed by atoms with Gasteiger partial charge in [0.2, 0.25) is 0 Å². The maximum atomic E-state index is 4.82. The fourth-order valence-corrected chi connectivity index (χ4v) is 3.11. The van der Waals surface area contributed by atoms with E-state index in [1.54, 1.807) is 0 Å². The highest BCUT2D eigenvalue weighted by molar-refractivity contribution is 5.33. The molecule has 0 aliphatic heterocycles. The molecule has 0 saturated heterocycles. The summed E-state index contributed by atoms with van der Waals surface area (Å²) in [6.45, 7) is 7.38. The predicted octanol–water partition coefficient (Wildman–Crippen LogP) is 3.97. The lowest BCUT2D eigenvalue weighted by Gasteiger charge is -2.15. The summed E-state index contributed by atoms with van der Waals surface area (Å²) >= 11 is 0. The van der Waals surface area contributed by atoms with E-state index >= 15 is 0 Å². The van der Waals surface area contributed by atoms with E-state index in [0.717, 1.165) is 24.3 Å². The van der Waals surface area contributed by atoms with Crippen LogP contribution in [0.25, 0.3) is 5.69 Å². The van der Waals surface area contributed by atoms with E-state index < -0.39 is 0 Å². The number of hydrogen-bond acceptors (Lipinski definition) is 3. The molecule has 1 N–H and O–H groups in total. The molecule has 0 saturated carbocycles. The third-order valence-electron chi connectivity index (χ3n) is 4.46. The molecule has 0 fully saturated rings. The van der Waals surface area contributed by atoms with E-state index in [0.29, 0.717) is 12.0 Å². The van der Waals surface area contributed by atoms with Gasteiger partial charge in [-0.05, 0) is 24.5 Å². The molecular formula is C20H27N5. The Hall–Kier alpha value is -2.40. The van der Waals surface area contributed by atoms with Gasteiger partial charge in [-0.15, -0.1) is 0 Å². The van der Waals surface area contributed by atoms with Crippen LogP contribution in [-0.2, 0) is 13.6 Å². The van der Waals surface area contributed by atoms with E-state index in [1.165, 1.54) is 11.1 Å². The van der Waals surface area contributed by atoms with Crippen LogP contribution in [0, 0.1) is 0 Å². The van der Waals surface area contributed by atoms with E-state index in [-0.39, 0.29) is 0 Å². The van der Waals surface area contributed by atoms with Crippen molar-refractivity contribution in [3.05, 3.63) is 65.7 Å². The van der Waals surface area contributed by atoms with Crippen LogP contribution in [0.5, 0.6) is 0 Å². The SMILES string of the molecule is CC[C@H](NCc1cn(-c2ccccc2)nc1C(C)C)c1cnn(C)c1. The zero-order valence-corrected chi connectivity index (χ0v) is 15.5. The molecule has 5 heteroatoms. The Morgan fingerprint density at radius 2 is 1.88 bits per heavy atom. The normalized spacial score (nSPS) is 12.7. The van der Waals surface area contributed by atoms with Crippen molar-refractivity contribution in [1.29, 1.82) is 0 Å². The predicted molar refractivity (Wildman–Crippen MR) is 101 cm³/mol. The summed E-state index contributed by atoms with van der Waals surface area (Å²) in [4.78, 5) is 0. The van der Waals surface area contributed by atoms with Gasteiger partial charge in [0, 0.05) is 43.2 Å². The molecule has 25 heavy (non-hydrogen) atoms. The number of aryl methyl sites for hydroxylation is 1. The van der Waals surface area contributed by atoms with Crippen LogP contribution in [0.2, 0.25) is 0 Å². The van der Waals surface area contributed by atoms with Gasteiger partial charge in [-0.1, -0.05) is 39.0 Å². The highest BCUT2D eigenvalue weighted by atomic mass is 15.3. The van der Waals surface area contributed by atoms with Crippen molar-refractivity contribution in [1.82, 2.24) is 24.9 Å². The third kappa shape index (κ3) is 3.99. The van der Waals surface area contributed by atoms with Crippen molar-refractivity contribution in [2.75, 3.05) is 0 Å². The highest BCUT2D eigenvalue weighted by Crippen LogP contribution is 2.22. The summed E-state index contributed by atoms with van der Waals surface area (Å²) < 4.78 is 3.84. The van der Waals surface area contributed by atoms with Crippen molar-refractivity contribution in [2.45, 2.75) is 45.7 Å². The van der Waals surface area contributed by atoms with Crippen molar-refractivity contribution >= 4 is 0 Å². The summed E-state index contributed by atoms with van der Waals surface area (Å²) in [6.07, 6.45) is 7.19. The number of aromatic nitrogens is 4. The van der Waals surface area contributed by atoms with Gasteiger partial charge in [-0.2, -0.15) is 10.2 Å². The number of nitrogens with one attached hydrogen (secondary N) is 1. The van der Waals surface area contributed by atoms with Crippen LogP contribution in [0.15, 0.2) is 48.9 Å². The van der Waals surface area contributed by atoms with Crippen LogP contribution in [-0.4, -0.2) is 19.6 Å². The highest BCUT2D eigenvalue weighted by Gasteiger charge is 2.16. The second-order valence-corrected chi connectivity index (χ2v) is 6.76. The van der Waals surface area contributed by atoms with Crippen LogP contribution in [0.1, 0.15) is 56.0 Å². The fourth-order valence-electron chi connectivity index (χ4n) is 3.11. The largest absolute Gasteiger partial charge is 0.306 e. The van der Waals surface area contributed by atoms with Crippen LogP contribution >= 0.6 is 0 Å². The minimum Gasteiger partial charge on any atom is -0.306 e. The first-order valence-corrected chi connectivity index (χ1v) is 8.94. The van der Waals surface area contributed by atoms with Gasteiger partial charge in [0.05, 0.1) is 17.6 Å². The van der Waals surface area contributed by atoms with Gasteiger partial charge in [0.15, 0.2) is 0 Å². The molecule has 2 heterocycles. The Morgan fingerprint density at radius 1 is 1.12 bits per heavy atom. The molecule has 0 aliphatic rings. The number of para-hydroxylation sites is 1. The first kappa shape index (κ1) is 17.4. The second-order valence-electron chi connectivity index (χ2n) is 6.76. The first-order chi connectivity index (χ1) is 12.1. The van der Waals surface area contributed by atoms with E-state index in [1.807, 2.05) is 40.8 Å². The minimum absolute atomic E-state index is 0.300. The maximum absolute atomic E-state index is 4.82. The molecule has 132 valence electrons. The maximum Gasteiger partial charge on any atom is 0.0699 e. The van der Waals surface area contributed by atoms with Gasteiger partial charge < -0.3 is 5.32 Å². The minimum atomic E-state index is 0.300. The molecule has 0 bridgehead atoms. The molecule has 0 aliphatic carbocycles. The molecular weight excluding hydrogens is 310 g/mol. The number of hydrogen-bond donors (Lipinski definition) is 1. The zero-order valence-electron chi connectivity index (χ0n) is 15.5. The van der Waals surface area contributed by atoms with Crippen molar-refractivity contribution in [3.63, 3.8) is 0 Å². The summed E-state index contributed by atoms with van der Waals surface area (Å²) in [5.74, 6) is 0.389. The Bertz CT molecular complexity index is 801. The lowest BCUT2D eigenvalue weighted by Crippen LogP contribution is -2.20. The van der Waals surface area contributed by atoms with Crippen molar-refractivity contribution < 1.29 is 0 Å². The average molecular weight is 337 g/mol. The van der Waals surface area contributed by atoms with Crippen LogP contribution in [0.4, 0.5) is 0 Å². The monoisotopic (exact) mass is 337 g/mol. The molecule has 0 spiro atoms. The Balaban J connectivity index is 1.80. The molecule has 2 aromatic heterocycles. The van der Waals surface area contributed by atoms with Gasteiger partial charge in [0.1, 0.15) is 0 Å². The molecule has 1 atom stereocenters. The standard InChI is InChI=1S/C20H27N5/c1-5-19(16-12-22-24(4)13-16)21-11-17-14-25(23-20(17)15(2)3)18-9-7-6-8-10-18/h6-10,12-15,19,21H,5,11H2,1-4H3/t19-/m0/s1. The smallest absolute Gasteiger partial charge is 0.0699 e. The van der Waals surface area contributed by atoms with Crippen molar-refractivity contribution in [2.24, 2.45) is 7.05 Å². The summed E-state index contributed by atoms with van der Waals surface area (Å²) in [6, 6.07) is 10.6. The number of benzene rings is 1. The Labute approximate surface area is 149 Å². The number of nitrogens with zero attached hydrogens (tertiary/aromatic N) is 4. The Kier molecular flexibility index (Phi) is 5.34. The second kappa shape index (κ2) is 7.66. The first-order valence-electron chi connectivity index (χ1n) is 8.94. The average Bonchev–Trinajstić information content (AvgIpc) is 3.23. The van der Waals surface area contributed by atoms with Gasteiger partial charge in [-0.3, -0.25) is 4.68 Å². The molecule has 0 radical (unpaired) electrons. The van der Waals surface area contributed by atoms with Crippen LogP contribution in [0.3, 0.4) is 0 Å². The van der Waals surface area contributed by atoms with Crippen LogP contribution < -0.4 is 5.32 Å². The zero-order chi connectivity index (χ0) is 17.8.